The molecule has 100 valence electrons. The molecule has 17 heavy (non-hydrogen) atoms. The van der Waals surface area contributed by atoms with Crippen molar-refractivity contribution in [1.82, 2.24) is 5.06 Å². The summed E-state index contributed by atoms with van der Waals surface area (Å²) in [5.74, 6) is 0. The summed E-state index contributed by atoms with van der Waals surface area (Å²) in [5.41, 5.74) is 0. The van der Waals surface area contributed by atoms with Gasteiger partial charge in [0.15, 0.2) is 5.28 Å². The van der Waals surface area contributed by atoms with Crippen LogP contribution in [0.1, 0.15) is 40.0 Å². The van der Waals surface area contributed by atoms with Gasteiger partial charge in [0.25, 0.3) is 0 Å². The molecule has 5 nitrogen and oxygen atoms in total. The van der Waals surface area contributed by atoms with Gasteiger partial charge in [-0.05, 0) is 19.8 Å². The van der Waals surface area contributed by atoms with Gasteiger partial charge in [0, 0.05) is 12.6 Å². The number of hydrogen-bond donors (Lipinski definition) is 1. The van der Waals surface area contributed by atoms with Crippen LogP contribution in [0.2, 0.25) is 0 Å². The lowest BCUT2D eigenvalue weighted by Crippen LogP contribution is -2.38. The summed E-state index contributed by atoms with van der Waals surface area (Å²) in [6.07, 6.45) is 5.23. The van der Waals surface area contributed by atoms with Crippen LogP contribution in [-0.2, 0) is 13.6 Å². The van der Waals surface area contributed by atoms with E-state index in [4.69, 9.17) is 9.05 Å². The zero-order valence-corrected chi connectivity index (χ0v) is 11.7. The topological polar surface area (TPSA) is 59.0 Å². The largest absolute Gasteiger partial charge is 0.358 e. The van der Waals surface area contributed by atoms with Crippen molar-refractivity contribution in [3.05, 3.63) is 12.3 Å². The lowest BCUT2D eigenvalue weighted by atomic mass is 10.3. The molecule has 0 aromatic carbocycles. The van der Waals surface area contributed by atoms with Crippen LogP contribution in [0.25, 0.3) is 0 Å². The van der Waals surface area contributed by atoms with Crippen LogP contribution in [-0.4, -0.2) is 28.8 Å². The molecule has 1 rings (SSSR count). The quantitative estimate of drug-likeness (QED) is 0.714. The van der Waals surface area contributed by atoms with Crippen molar-refractivity contribution in [3.63, 3.8) is 0 Å². The predicted molar refractivity (Wildman–Crippen MR) is 65.9 cm³/mol. The van der Waals surface area contributed by atoms with Gasteiger partial charge in [-0.15, -0.1) is 0 Å². The van der Waals surface area contributed by atoms with Crippen molar-refractivity contribution in [3.8, 4) is 0 Å². The Labute approximate surface area is 103 Å². The third kappa shape index (κ3) is 2.91. The van der Waals surface area contributed by atoms with Gasteiger partial charge < -0.3 is 9.05 Å². The summed E-state index contributed by atoms with van der Waals surface area (Å²) in [6.45, 7) is 6.31. The highest BCUT2D eigenvalue weighted by molar-refractivity contribution is 7.55. The molecule has 6 heteroatoms. The molecule has 1 N–H and O–H groups in total. The molecule has 0 bridgehead atoms. The highest BCUT2D eigenvalue weighted by Gasteiger charge is 2.52. The normalized spacial score (nSPS) is 24.6. The first-order valence-electron chi connectivity index (χ1n) is 6.04. The smallest absolute Gasteiger partial charge is 0.307 e. The van der Waals surface area contributed by atoms with E-state index in [-0.39, 0.29) is 0 Å². The van der Waals surface area contributed by atoms with Gasteiger partial charge in [-0.25, -0.2) is 5.06 Å². The summed E-state index contributed by atoms with van der Waals surface area (Å²) in [5, 5.41) is 9.74. The fraction of sp³-hybridized carbons (Fsp3) is 0.818. The SMILES string of the molecule is CCCOP(=O)(OCCC)C1(C)CC=CN1O. The molecule has 0 amide bonds. The highest BCUT2D eigenvalue weighted by atomic mass is 31.2. The van der Waals surface area contributed by atoms with E-state index in [0.717, 1.165) is 17.9 Å². The first kappa shape index (κ1) is 14.7. The standard InChI is InChI=1S/C11H22NO4P/c1-4-9-15-17(14,16-10-5-2)11(3)7-6-8-12(11)13/h6,8,13H,4-5,7,9-10H2,1-3H3. The van der Waals surface area contributed by atoms with Crippen molar-refractivity contribution < 1.29 is 18.8 Å². The van der Waals surface area contributed by atoms with Crippen LogP contribution in [0.3, 0.4) is 0 Å². The first-order valence-corrected chi connectivity index (χ1v) is 7.58. The Balaban J connectivity index is 2.85. The van der Waals surface area contributed by atoms with Crippen LogP contribution < -0.4 is 0 Å². The van der Waals surface area contributed by atoms with Crippen LogP contribution in [0.15, 0.2) is 12.3 Å². The summed E-state index contributed by atoms with van der Waals surface area (Å²) in [7, 11) is -3.35. The van der Waals surface area contributed by atoms with E-state index < -0.39 is 12.9 Å². The minimum absolute atomic E-state index is 0.365. The van der Waals surface area contributed by atoms with Gasteiger partial charge in [0.1, 0.15) is 0 Å². The van der Waals surface area contributed by atoms with Gasteiger partial charge in [0.05, 0.1) is 13.2 Å². The molecule has 0 aromatic heterocycles. The lowest BCUT2D eigenvalue weighted by Gasteiger charge is -2.37. The minimum atomic E-state index is -3.35. The fourth-order valence-corrected chi connectivity index (χ4v) is 3.73. The maximum Gasteiger partial charge on any atom is 0.358 e. The average Bonchev–Trinajstić information content (AvgIpc) is 2.66. The summed E-state index contributed by atoms with van der Waals surface area (Å²) in [4.78, 5) is 0. The molecule has 1 heterocycles. The summed E-state index contributed by atoms with van der Waals surface area (Å²) in [6, 6.07) is 0. The molecular formula is C11H22NO4P. The minimum Gasteiger partial charge on any atom is -0.307 e. The maximum atomic E-state index is 12.8. The Morgan fingerprint density at radius 3 is 2.24 bits per heavy atom. The van der Waals surface area contributed by atoms with Gasteiger partial charge >= 0.3 is 7.60 Å². The second kappa shape index (κ2) is 6.01. The van der Waals surface area contributed by atoms with Crippen molar-refractivity contribution >= 4 is 7.60 Å². The Bertz CT molecular complexity index is 309. The van der Waals surface area contributed by atoms with E-state index in [2.05, 4.69) is 0 Å². The molecule has 0 spiro atoms. The second-order valence-electron chi connectivity index (χ2n) is 4.31. The highest BCUT2D eigenvalue weighted by Crippen LogP contribution is 2.64. The van der Waals surface area contributed by atoms with Crippen molar-refractivity contribution in [2.24, 2.45) is 0 Å². The summed E-state index contributed by atoms with van der Waals surface area (Å²) >= 11 is 0. The molecule has 0 fully saturated rings. The van der Waals surface area contributed by atoms with E-state index in [9.17, 15) is 9.77 Å². The average molecular weight is 263 g/mol. The molecule has 1 aliphatic heterocycles. The van der Waals surface area contributed by atoms with Crippen molar-refractivity contribution in [1.29, 1.82) is 0 Å². The molecule has 0 saturated heterocycles. The third-order valence-electron chi connectivity index (χ3n) is 2.77. The molecular weight excluding hydrogens is 241 g/mol. The van der Waals surface area contributed by atoms with Gasteiger partial charge in [-0.2, -0.15) is 0 Å². The Morgan fingerprint density at radius 2 is 1.88 bits per heavy atom. The Morgan fingerprint density at radius 1 is 1.35 bits per heavy atom. The molecule has 1 unspecified atom stereocenters. The molecule has 1 aliphatic rings. The number of hydrogen-bond acceptors (Lipinski definition) is 5. The van der Waals surface area contributed by atoms with Gasteiger partial charge in [-0.3, -0.25) is 9.77 Å². The zero-order chi connectivity index (χ0) is 12.9. The zero-order valence-electron chi connectivity index (χ0n) is 10.8. The van der Waals surface area contributed by atoms with E-state index in [0.29, 0.717) is 19.6 Å². The van der Waals surface area contributed by atoms with E-state index in [1.807, 2.05) is 13.8 Å². The van der Waals surface area contributed by atoms with Crippen LogP contribution >= 0.6 is 7.60 Å². The summed E-state index contributed by atoms with van der Waals surface area (Å²) < 4.78 is 23.6. The molecule has 0 aliphatic carbocycles. The van der Waals surface area contributed by atoms with E-state index in [1.165, 1.54) is 6.20 Å². The predicted octanol–water partition coefficient (Wildman–Crippen LogP) is 3.36. The molecule has 1 atom stereocenters. The monoisotopic (exact) mass is 263 g/mol. The van der Waals surface area contributed by atoms with Gasteiger partial charge in [0.2, 0.25) is 0 Å². The molecule has 0 saturated carbocycles. The molecule has 0 radical (unpaired) electrons. The number of hydroxylamine groups is 2. The van der Waals surface area contributed by atoms with Crippen molar-refractivity contribution in [2.45, 2.75) is 45.3 Å². The number of nitrogens with zero attached hydrogens (tertiary/aromatic N) is 1. The third-order valence-corrected chi connectivity index (χ3v) is 5.38. The first-order chi connectivity index (χ1) is 8.00. The van der Waals surface area contributed by atoms with Crippen LogP contribution in [0.4, 0.5) is 0 Å². The second-order valence-corrected chi connectivity index (χ2v) is 6.79. The van der Waals surface area contributed by atoms with Crippen LogP contribution in [0.5, 0.6) is 0 Å². The van der Waals surface area contributed by atoms with E-state index in [1.54, 1.807) is 13.0 Å². The van der Waals surface area contributed by atoms with Gasteiger partial charge in [-0.1, -0.05) is 19.9 Å². The fourth-order valence-electron chi connectivity index (χ4n) is 1.61. The lowest BCUT2D eigenvalue weighted by molar-refractivity contribution is -0.0907. The Kier molecular flexibility index (Phi) is 5.20. The number of rotatable bonds is 7. The molecule has 0 aromatic rings. The van der Waals surface area contributed by atoms with E-state index >= 15 is 0 Å². The maximum absolute atomic E-state index is 12.8. The van der Waals surface area contributed by atoms with Crippen molar-refractivity contribution in [2.75, 3.05) is 13.2 Å². The van der Waals surface area contributed by atoms with Crippen LogP contribution in [0, 0.1) is 0 Å². The Hall–Kier alpha value is -0.350.